The third-order valence-electron chi connectivity index (χ3n) is 4.88. The molecule has 0 bridgehead atoms. The molecule has 0 saturated carbocycles. The molecule has 0 amide bonds. The maximum Gasteiger partial charge on any atom is 0.363 e. The Morgan fingerprint density at radius 2 is 1.85 bits per heavy atom. The van der Waals surface area contributed by atoms with Crippen LogP contribution in [0.1, 0.15) is 29.2 Å². The number of hydrogen-bond donors (Lipinski definition) is 0. The Kier molecular flexibility index (Phi) is 7.49. The van der Waals surface area contributed by atoms with Gasteiger partial charge in [-0.1, -0.05) is 35.9 Å². The summed E-state index contributed by atoms with van der Waals surface area (Å²) in [4.78, 5) is 16.8. The lowest BCUT2D eigenvalue weighted by Gasteiger charge is -2.15. The van der Waals surface area contributed by atoms with Crippen molar-refractivity contribution in [3.8, 4) is 11.5 Å². The molecule has 0 aliphatic carbocycles. The standard InChI is InChI=1S/C26H21BrINO4/c1-3-31-23-14-17(12-20(27)24(23)32-15-19-6-4-5-7-21(19)28)13-22-26(30)33-25(29-22)18-10-8-16(2)9-11-18/h4-14H,3,15H2,1-2H3/b22-13-. The van der Waals surface area contributed by atoms with Crippen LogP contribution in [0.2, 0.25) is 0 Å². The minimum atomic E-state index is -0.487. The molecule has 0 saturated heterocycles. The normalized spacial score (nSPS) is 14.2. The first kappa shape index (κ1) is 23.5. The van der Waals surface area contributed by atoms with Gasteiger partial charge in [0.05, 0.1) is 11.1 Å². The van der Waals surface area contributed by atoms with E-state index in [2.05, 4.69) is 43.5 Å². The quantitative estimate of drug-likeness (QED) is 0.169. The Bertz CT molecular complexity index is 1250. The van der Waals surface area contributed by atoms with Gasteiger partial charge >= 0.3 is 5.97 Å². The number of halogens is 2. The van der Waals surface area contributed by atoms with Crippen LogP contribution < -0.4 is 9.47 Å². The SMILES string of the molecule is CCOc1cc(/C=C2\N=C(c3ccc(C)cc3)OC2=O)cc(Br)c1OCc1ccccc1I. The van der Waals surface area contributed by atoms with Crippen LogP contribution in [0.25, 0.3) is 6.08 Å². The van der Waals surface area contributed by atoms with Crippen molar-refractivity contribution in [2.24, 2.45) is 4.99 Å². The summed E-state index contributed by atoms with van der Waals surface area (Å²) in [6.45, 7) is 4.80. The Hall–Kier alpha value is -2.65. The van der Waals surface area contributed by atoms with Gasteiger partial charge < -0.3 is 14.2 Å². The van der Waals surface area contributed by atoms with E-state index in [1.807, 2.05) is 74.5 Å². The van der Waals surface area contributed by atoms with Crippen molar-refractivity contribution in [3.63, 3.8) is 0 Å². The van der Waals surface area contributed by atoms with E-state index in [0.717, 1.165) is 30.3 Å². The van der Waals surface area contributed by atoms with Crippen molar-refractivity contribution in [2.45, 2.75) is 20.5 Å². The number of esters is 1. The highest BCUT2D eigenvalue weighted by molar-refractivity contribution is 14.1. The third-order valence-corrected chi connectivity index (χ3v) is 6.53. The fourth-order valence-corrected chi connectivity index (χ4v) is 4.34. The summed E-state index contributed by atoms with van der Waals surface area (Å²) >= 11 is 5.88. The highest BCUT2D eigenvalue weighted by Crippen LogP contribution is 2.38. The third kappa shape index (κ3) is 5.65. The van der Waals surface area contributed by atoms with Crippen LogP contribution >= 0.6 is 38.5 Å². The maximum atomic E-state index is 12.4. The fraction of sp³-hybridized carbons (Fsp3) is 0.154. The van der Waals surface area contributed by atoms with Crippen LogP contribution in [0, 0.1) is 10.5 Å². The van der Waals surface area contributed by atoms with Crippen molar-refractivity contribution in [1.29, 1.82) is 0 Å². The average Bonchev–Trinajstić information content (AvgIpc) is 3.15. The number of nitrogens with zero attached hydrogens (tertiary/aromatic N) is 1. The first-order valence-electron chi connectivity index (χ1n) is 10.4. The molecule has 3 aromatic rings. The molecule has 7 heteroatoms. The zero-order chi connectivity index (χ0) is 23.4. The molecule has 1 aliphatic heterocycles. The van der Waals surface area contributed by atoms with Gasteiger partial charge in [-0.25, -0.2) is 9.79 Å². The van der Waals surface area contributed by atoms with E-state index in [1.54, 1.807) is 6.08 Å². The minimum absolute atomic E-state index is 0.229. The average molecular weight is 618 g/mol. The summed E-state index contributed by atoms with van der Waals surface area (Å²) in [5.74, 6) is 1.00. The van der Waals surface area contributed by atoms with Gasteiger partial charge in [-0.2, -0.15) is 0 Å². The fourth-order valence-electron chi connectivity index (χ4n) is 3.23. The highest BCUT2D eigenvalue weighted by Gasteiger charge is 2.24. The molecule has 0 spiro atoms. The molecule has 0 unspecified atom stereocenters. The lowest BCUT2D eigenvalue weighted by Crippen LogP contribution is -2.05. The molecule has 0 fully saturated rings. The predicted octanol–water partition coefficient (Wildman–Crippen LogP) is 6.68. The van der Waals surface area contributed by atoms with E-state index in [-0.39, 0.29) is 5.70 Å². The minimum Gasteiger partial charge on any atom is -0.490 e. The second-order valence-corrected chi connectivity index (χ2v) is 9.36. The van der Waals surface area contributed by atoms with E-state index in [4.69, 9.17) is 14.2 Å². The number of hydrogen-bond acceptors (Lipinski definition) is 5. The van der Waals surface area contributed by atoms with Crippen molar-refractivity contribution in [3.05, 3.63) is 96.7 Å². The Labute approximate surface area is 214 Å². The van der Waals surface area contributed by atoms with Gasteiger partial charge in [0.2, 0.25) is 5.90 Å². The molecule has 1 heterocycles. The number of cyclic esters (lactones) is 1. The summed E-state index contributed by atoms with van der Waals surface area (Å²) in [6.07, 6.45) is 1.68. The Balaban J connectivity index is 1.61. The number of benzene rings is 3. The van der Waals surface area contributed by atoms with E-state index in [1.165, 1.54) is 0 Å². The van der Waals surface area contributed by atoms with Gasteiger partial charge in [0.1, 0.15) is 6.61 Å². The van der Waals surface area contributed by atoms with Crippen LogP contribution in [-0.2, 0) is 16.1 Å². The molecular weight excluding hydrogens is 597 g/mol. The number of rotatable bonds is 7. The maximum absolute atomic E-state index is 12.4. The second kappa shape index (κ2) is 10.5. The Morgan fingerprint density at radius 1 is 1.09 bits per heavy atom. The first-order chi connectivity index (χ1) is 15.9. The number of aryl methyl sites for hydroxylation is 1. The molecule has 1 aliphatic rings. The summed E-state index contributed by atoms with van der Waals surface area (Å²) < 4.78 is 19.2. The number of aliphatic imine (C=N–C) groups is 1. The van der Waals surface area contributed by atoms with E-state index in [0.29, 0.717) is 30.6 Å². The smallest absolute Gasteiger partial charge is 0.363 e. The molecular formula is C26H21BrINO4. The van der Waals surface area contributed by atoms with Crippen molar-refractivity contribution >= 4 is 56.5 Å². The summed E-state index contributed by atoms with van der Waals surface area (Å²) in [5, 5.41) is 0. The molecule has 0 radical (unpaired) electrons. The zero-order valence-electron chi connectivity index (χ0n) is 18.1. The summed E-state index contributed by atoms with van der Waals surface area (Å²) in [5.41, 5.74) is 3.94. The van der Waals surface area contributed by atoms with Crippen molar-refractivity contribution < 1.29 is 19.0 Å². The van der Waals surface area contributed by atoms with E-state index >= 15 is 0 Å². The van der Waals surface area contributed by atoms with Crippen LogP contribution in [0.15, 0.2) is 75.8 Å². The van der Waals surface area contributed by atoms with Crippen LogP contribution in [-0.4, -0.2) is 18.5 Å². The summed E-state index contributed by atoms with van der Waals surface area (Å²) in [6, 6.07) is 19.4. The van der Waals surface area contributed by atoms with E-state index in [9.17, 15) is 4.79 Å². The summed E-state index contributed by atoms with van der Waals surface area (Å²) in [7, 11) is 0. The van der Waals surface area contributed by atoms with Crippen LogP contribution in [0.4, 0.5) is 0 Å². The molecule has 0 atom stereocenters. The van der Waals surface area contributed by atoms with Crippen LogP contribution in [0.5, 0.6) is 11.5 Å². The number of ether oxygens (including phenoxy) is 3. The monoisotopic (exact) mass is 617 g/mol. The van der Waals surface area contributed by atoms with Gasteiger partial charge in [0.15, 0.2) is 17.2 Å². The topological polar surface area (TPSA) is 57.1 Å². The molecule has 168 valence electrons. The van der Waals surface area contributed by atoms with Gasteiger partial charge in [-0.15, -0.1) is 0 Å². The second-order valence-electron chi connectivity index (χ2n) is 7.35. The molecule has 3 aromatic carbocycles. The van der Waals surface area contributed by atoms with Gasteiger partial charge in [0.25, 0.3) is 0 Å². The molecule has 0 aromatic heterocycles. The molecule has 0 N–H and O–H groups in total. The lowest BCUT2D eigenvalue weighted by molar-refractivity contribution is -0.129. The van der Waals surface area contributed by atoms with Crippen LogP contribution in [0.3, 0.4) is 0 Å². The van der Waals surface area contributed by atoms with Gasteiger partial charge in [-0.3, -0.25) is 0 Å². The molecule has 4 rings (SSSR count). The van der Waals surface area contributed by atoms with E-state index < -0.39 is 5.97 Å². The highest BCUT2D eigenvalue weighted by atomic mass is 127. The number of carbonyl (C=O) groups is 1. The van der Waals surface area contributed by atoms with Crippen molar-refractivity contribution in [2.75, 3.05) is 6.61 Å². The first-order valence-corrected chi connectivity index (χ1v) is 12.2. The van der Waals surface area contributed by atoms with Gasteiger partial charge in [-0.05, 0) is 94.3 Å². The molecule has 33 heavy (non-hydrogen) atoms. The largest absolute Gasteiger partial charge is 0.490 e. The Morgan fingerprint density at radius 3 is 2.58 bits per heavy atom. The molecule has 5 nitrogen and oxygen atoms in total. The number of carbonyl (C=O) groups excluding carboxylic acids is 1. The lowest BCUT2D eigenvalue weighted by atomic mass is 10.1. The van der Waals surface area contributed by atoms with Gasteiger partial charge in [0, 0.05) is 14.7 Å². The predicted molar refractivity (Wildman–Crippen MR) is 141 cm³/mol. The zero-order valence-corrected chi connectivity index (χ0v) is 21.8. The van der Waals surface area contributed by atoms with Crippen molar-refractivity contribution in [1.82, 2.24) is 0 Å².